The summed E-state index contributed by atoms with van der Waals surface area (Å²) in [5.41, 5.74) is 7.58. The average Bonchev–Trinajstić information content (AvgIpc) is 3.00. The van der Waals surface area contributed by atoms with Gasteiger partial charge in [-0.25, -0.2) is 0 Å². The van der Waals surface area contributed by atoms with Gasteiger partial charge >= 0.3 is 0 Å². The van der Waals surface area contributed by atoms with Crippen LogP contribution in [-0.2, 0) is 5.41 Å². The summed E-state index contributed by atoms with van der Waals surface area (Å²) in [6, 6.07) is 24.1. The predicted molar refractivity (Wildman–Crippen MR) is 119 cm³/mol. The fraction of sp³-hybridized carbons (Fsp3) is 0.185. The quantitative estimate of drug-likeness (QED) is 0.487. The van der Waals surface area contributed by atoms with Crippen molar-refractivity contribution in [2.75, 3.05) is 4.90 Å². The molecule has 2 heteroatoms. The van der Waals surface area contributed by atoms with Crippen LogP contribution >= 0.6 is 0 Å². The third-order valence-electron chi connectivity index (χ3n) is 6.58. The topological polar surface area (TPSA) is 12.5 Å². The van der Waals surface area contributed by atoms with E-state index in [1.54, 1.807) is 0 Å². The van der Waals surface area contributed by atoms with Crippen LogP contribution in [0.4, 0.5) is 11.4 Å². The van der Waals surface area contributed by atoms with Crippen molar-refractivity contribution in [2.24, 2.45) is 0 Å². The van der Waals surface area contributed by atoms with Crippen molar-refractivity contribution < 1.29 is 4.74 Å². The highest BCUT2D eigenvalue weighted by atomic mass is 16.5. The van der Waals surface area contributed by atoms with Gasteiger partial charge < -0.3 is 9.64 Å². The summed E-state index contributed by atoms with van der Waals surface area (Å²) in [5.74, 6) is 1.01. The molecule has 0 amide bonds. The van der Waals surface area contributed by atoms with Gasteiger partial charge in [-0.05, 0) is 41.0 Å². The minimum Gasteiger partial charge on any atom is -0.481 e. The summed E-state index contributed by atoms with van der Waals surface area (Å²) in [5, 5.41) is 0. The smallest absolute Gasteiger partial charge is 0.152 e. The maximum Gasteiger partial charge on any atom is 0.152 e. The Morgan fingerprint density at radius 1 is 0.793 bits per heavy atom. The molecule has 142 valence electrons. The zero-order chi connectivity index (χ0) is 19.6. The number of hydrogen-bond donors (Lipinski definition) is 0. The third-order valence-corrected chi connectivity index (χ3v) is 6.58. The molecule has 0 fully saturated rings. The number of rotatable bonds is 1. The summed E-state index contributed by atoms with van der Waals surface area (Å²) in [6.45, 7) is 4.63. The molecule has 2 aliphatic carbocycles. The van der Waals surface area contributed by atoms with Crippen molar-refractivity contribution in [3.8, 4) is 16.9 Å². The molecule has 0 aromatic heterocycles. The molecule has 2 atom stereocenters. The number of allylic oxidation sites excluding steroid dienone is 2. The lowest BCUT2D eigenvalue weighted by Crippen LogP contribution is -2.46. The van der Waals surface area contributed by atoms with Gasteiger partial charge in [0.2, 0.25) is 0 Å². The van der Waals surface area contributed by atoms with Crippen LogP contribution in [0.5, 0.6) is 5.75 Å². The molecular weight excluding hydrogens is 354 g/mol. The second-order valence-electron chi connectivity index (χ2n) is 8.56. The molecule has 2 nitrogen and oxygen atoms in total. The van der Waals surface area contributed by atoms with E-state index in [1.165, 1.54) is 27.9 Å². The van der Waals surface area contributed by atoms with Gasteiger partial charge in [0.05, 0.1) is 11.7 Å². The molecule has 3 aromatic rings. The van der Waals surface area contributed by atoms with Gasteiger partial charge in [0, 0.05) is 16.7 Å². The number of nitrogens with zero attached hydrogens (tertiary/aromatic N) is 1. The molecule has 0 radical (unpaired) electrons. The van der Waals surface area contributed by atoms with Gasteiger partial charge in [-0.1, -0.05) is 80.6 Å². The van der Waals surface area contributed by atoms with E-state index in [9.17, 15) is 0 Å². The van der Waals surface area contributed by atoms with Crippen molar-refractivity contribution >= 4 is 11.4 Å². The van der Waals surface area contributed by atoms with Gasteiger partial charge in [0.15, 0.2) is 5.75 Å². The van der Waals surface area contributed by atoms with Gasteiger partial charge in [0.1, 0.15) is 6.10 Å². The Kier molecular flexibility index (Phi) is 3.37. The van der Waals surface area contributed by atoms with Gasteiger partial charge in [-0.2, -0.15) is 0 Å². The SMILES string of the molecule is CC1(C)c2ccccc2-c2c1ccc1c2OC2C=CC=CC2N1c1ccccc1. The van der Waals surface area contributed by atoms with Crippen LogP contribution in [0.15, 0.2) is 91.0 Å². The van der Waals surface area contributed by atoms with E-state index >= 15 is 0 Å². The molecular formula is C27H23NO. The largest absolute Gasteiger partial charge is 0.481 e. The second kappa shape index (κ2) is 5.87. The molecule has 0 saturated carbocycles. The minimum absolute atomic E-state index is 0.00455. The van der Waals surface area contributed by atoms with Crippen LogP contribution in [0.3, 0.4) is 0 Å². The number of ether oxygens (including phenoxy) is 1. The summed E-state index contributed by atoms with van der Waals surface area (Å²) in [4.78, 5) is 2.43. The molecule has 3 aliphatic rings. The molecule has 0 saturated heterocycles. The Hall–Kier alpha value is -3.26. The first-order valence-electron chi connectivity index (χ1n) is 10.3. The Morgan fingerprint density at radius 2 is 1.55 bits per heavy atom. The van der Waals surface area contributed by atoms with E-state index < -0.39 is 0 Å². The molecule has 1 heterocycles. The van der Waals surface area contributed by atoms with E-state index in [4.69, 9.17) is 4.74 Å². The van der Waals surface area contributed by atoms with Crippen LogP contribution in [-0.4, -0.2) is 12.1 Å². The Balaban J connectivity index is 1.64. The van der Waals surface area contributed by atoms with E-state index in [1.807, 2.05) is 0 Å². The zero-order valence-electron chi connectivity index (χ0n) is 16.7. The first kappa shape index (κ1) is 16.7. The number of para-hydroxylation sites is 1. The summed E-state index contributed by atoms with van der Waals surface area (Å²) in [6.07, 6.45) is 8.63. The minimum atomic E-state index is -0.0267. The van der Waals surface area contributed by atoms with E-state index in [2.05, 4.69) is 110 Å². The van der Waals surface area contributed by atoms with E-state index in [-0.39, 0.29) is 17.6 Å². The highest BCUT2D eigenvalue weighted by Gasteiger charge is 2.42. The van der Waals surface area contributed by atoms with E-state index in [0.29, 0.717) is 0 Å². The molecule has 0 spiro atoms. The Bertz CT molecular complexity index is 1170. The summed E-state index contributed by atoms with van der Waals surface area (Å²) in [7, 11) is 0. The molecule has 0 bridgehead atoms. The normalized spacial score (nSPS) is 22.3. The fourth-order valence-corrected chi connectivity index (χ4v) is 5.17. The molecule has 1 aliphatic heterocycles. The molecule has 29 heavy (non-hydrogen) atoms. The molecule has 0 N–H and O–H groups in total. The highest BCUT2D eigenvalue weighted by molar-refractivity contribution is 5.91. The van der Waals surface area contributed by atoms with Crippen LogP contribution in [0.25, 0.3) is 11.1 Å². The third kappa shape index (κ3) is 2.23. The van der Waals surface area contributed by atoms with Crippen LogP contribution in [0, 0.1) is 0 Å². The maximum atomic E-state index is 6.70. The molecule has 6 rings (SSSR count). The van der Waals surface area contributed by atoms with Crippen LogP contribution in [0.2, 0.25) is 0 Å². The fourth-order valence-electron chi connectivity index (χ4n) is 5.17. The van der Waals surface area contributed by atoms with Gasteiger partial charge in [-0.3, -0.25) is 0 Å². The second-order valence-corrected chi connectivity index (χ2v) is 8.56. The van der Waals surface area contributed by atoms with E-state index in [0.717, 1.165) is 11.4 Å². The monoisotopic (exact) mass is 377 g/mol. The maximum absolute atomic E-state index is 6.70. The van der Waals surface area contributed by atoms with Crippen molar-refractivity contribution in [1.29, 1.82) is 0 Å². The van der Waals surface area contributed by atoms with Crippen LogP contribution in [0.1, 0.15) is 25.0 Å². The molecule has 3 aromatic carbocycles. The van der Waals surface area contributed by atoms with Gasteiger partial charge in [0.25, 0.3) is 0 Å². The average molecular weight is 377 g/mol. The zero-order valence-corrected chi connectivity index (χ0v) is 16.7. The van der Waals surface area contributed by atoms with Crippen molar-refractivity contribution in [2.45, 2.75) is 31.4 Å². The predicted octanol–water partition coefficient (Wildman–Crippen LogP) is 6.39. The van der Waals surface area contributed by atoms with Crippen molar-refractivity contribution in [3.63, 3.8) is 0 Å². The highest BCUT2D eigenvalue weighted by Crippen LogP contribution is 2.57. The lowest BCUT2D eigenvalue weighted by Gasteiger charge is -2.43. The Labute approximate surface area is 171 Å². The standard InChI is InChI=1S/C27H23NO/c1-27(2)20-13-7-6-12-19(20)25-21(27)16-17-23-26(25)29-24-15-9-8-14-22(24)28(23)18-10-4-3-5-11-18/h3-17,22,24H,1-2H3. The van der Waals surface area contributed by atoms with Crippen molar-refractivity contribution in [3.05, 3.63) is 102 Å². The first-order chi connectivity index (χ1) is 14.2. The number of benzene rings is 3. The summed E-state index contributed by atoms with van der Waals surface area (Å²) >= 11 is 0. The number of hydrogen-bond acceptors (Lipinski definition) is 2. The first-order valence-corrected chi connectivity index (χ1v) is 10.3. The number of anilines is 2. The number of fused-ring (bicyclic) bond motifs is 6. The van der Waals surface area contributed by atoms with Crippen molar-refractivity contribution in [1.82, 2.24) is 0 Å². The lowest BCUT2D eigenvalue weighted by atomic mass is 9.82. The van der Waals surface area contributed by atoms with Gasteiger partial charge in [-0.15, -0.1) is 0 Å². The lowest BCUT2D eigenvalue weighted by molar-refractivity contribution is 0.219. The summed E-state index contributed by atoms with van der Waals surface area (Å²) < 4.78 is 6.70. The molecule has 2 unspecified atom stereocenters. The Morgan fingerprint density at radius 3 is 2.41 bits per heavy atom. The van der Waals surface area contributed by atoms with Crippen LogP contribution < -0.4 is 9.64 Å².